The van der Waals surface area contributed by atoms with E-state index in [0.29, 0.717) is 13.0 Å². The first-order chi connectivity index (χ1) is 15.2. The molecule has 0 aromatic heterocycles. The predicted octanol–water partition coefficient (Wildman–Crippen LogP) is 2.69. The highest BCUT2D eigenvalue weighted by Gasteiger charge is 2.83. The zero-order valence-electron chi connectivity index (χ0n) is 19.1. The summed E-state index contributed by atoms with van der Waals surface area (Å²) in [5.74, 6) is -0.245. The molecule has 11 atom stereocenters. The maximum absolute atomic E-state index is 12.2. The molecular weight excluding hydrogens is 416 g/mol. The quantitative estimate of drug-likeness (QED) is 0.481. The molecule has 7 rings (SSSR count). The molecule has 8 nitrogen and oxygen atoms in total. The van der Waals surface area contributed by atoms with Crippen molar-refractivity contribution < 1.29 is 38.0 Å². The number of carbonyl (C=O) groups is 2. The van der Waals surface area contributed by atoms with Crippen LogP contribution in [0, 0.1) is 28.6 Å². The lowest BCUT2D eigenvalue weighted by Crippen LogP contribution is -2.77. The molecule has 2 spiro atoms. The average Bonchev–Trinajstić information content (AvgIpc) is 3.14. The van der Waals surface area contributed by atoms with Crippen LogP contribution in [-0.4, -0.2) is 55.0 Å². The molecule has 176 valence electrons. The highest BCUT2D eigenvalue weighted by molar-refractivity contribution is 5.67. The second kappa shape index (κ2) is 6.70. The van der Waals surface area contributed by atoms with Gasteiger partial charge in [-0.05, 0) is 37.2 Å². The third-order valence-corrected chi connectivity index (χ3v) is 9.48. The number of carbonyl (C=O) groups excluding carboxylic acids is 2. The first-order valence-electron chi connectivity index (χ1n) is 11.8. The van der Waals surface area contributed by atoms with Gasteiger partial charge in [-0.25, -0.2) is 0 Å². The van der Waals surface area contributed by atoms with Gasteiger partial charge in [-0.1, -0.05) is 13.8 Å². The molecule has 2 aliphatic carbocycles. The molecule has 2 bridgehead atoms. The molecule has 6 fully saturated rings. The number of esters is 2. The Morgan fingerprint density at radius 2 is 1.81 bits per heavy atom. The molecule has 5 heterocycles. The Kier molecular flexibility index (Phi) is 4.38. The minimum Gasteiger partial charge on any atom is -0.472 e. The summed E-state index contributed by atoms with van der Waals surface area (Å²) in [6.07, 6.45) is 5.25. The van der Waals surface area contributed by atoms with Gasteiger partial charge in [0.2, 0.25) is 12.6 Å². The van der Waals surface area contributed by atoms with Crippen LogP contribution in [0.2, 0.25) is 0 Å². The lowest BCUT2D eigenvalue weighted by molar-refractivity contribution is -0.375. The van der Waals surface area contributed by atoms with E-state index in [4.69, 9.17) is 28.4 Å². The van der Waals surface area contributed by atoms with E-state index in [9.17, 15) is 9.59 Å². The molecule has 5 aliphatic heterocycles. The first-order valence-corrected chi connectivity index (χ1v) is 11.8. The molecule has 8 heteroatoms. The van der Waals surface area contributed by atoms with Crippen molar-refractivity contribution in [2.45, 2.75) is 89.9 Å². The first kappa shape index (κ1) is 20.9. The van der Waals surface area contributed by atoms with Crippen LogP contribution in [0.15, 0.2) is 12.3 Å². The van der Waals surface area contributed by atoms with Gasteiger partial charge in [0.25, 0.3) is 0 Å². The van der Waals surface area contributed by atoms with E-state index in [1.54, 1.807) is 6.26 Å². The fraction of sp³-hybridized carbons (Fsp3) is 0.833. The normalized spacial score (nSPS) is 54.6. The Hall–Kier alpha value is -1.64. The zero-order valence-corrected chi connectivity index (χ0v) is 19.1. The van der Waals surface area contributed by atoms with Crippen LogP contribution in [0.1, 0.15) is 53.4 Å². The van der Waals surface area contributed by atoms with Gasteiger partial charge < -0.3 is 28.4 Å². The SMILES string of the molecule is CC(=O)OC1O[C@@H]2C[C@H]3C1([C@@H](OC(C)=O)C[C@@H](C)[C@]3(C)[C@@H]1C[C@H]3C=CO[C@H]3O1)[C@@]1(CO1)C2. The molecule has 0 aromatic carbocycles. The highest BCUT2D eigenvalue weighted by Crippen LogP contribution is 2.74. The van der Waals surface area contributed by atoms with Gasteiger partial charge in [0, 0.05) is 31.6 Å². The summed E-state index contributed by atoms with van der Waals surface area (Å²) < 4.78 is 36.5. The number of ether oxygens (including phenoxy) is 6. The van der Waals surface area contributed by atoms with E-state index >= 15 is 0 Å². The lowest BCUT2D eigenvalue weighted by atomic mass is 9.40. The Labute approximate surface area is 187 Å². The smallest absolute Gasteiger partial charge is 0.304 e. The third-order valence-electron chi connectivity index (χ3n) is 9.48. The lowest BCUT2D eigenvalue weighted by Gasteiger charge is -2.69. The Morgan fingerprint density at radius 3 is 2.47 bits per heavy atom. The Bertz CT molecular complexity index is 866. The molecular formula is C24H32O8. The summed E-state index contributed by atoms with van der Waals surface area (Å²) >= 11 is 0. The average molecular weight is 449 g/mol. The molecule has 0 aromatic rings. The van der Waals surface area contributed by atoms with E-state index in [2.05, 4.69) is 19.9 Å². The van der Waals surface area contributed by atoms with Gasteiger partial charge in [0.05, 0.1) is 25.1 Å². The molecule has 2 unspecified atom stereocenters. The maximum atomic E-state index is 12.2. The summed E-state index contributed by atoms with van der Waals surface area (Å²) in [5, 5.41) is 0. The standard InChI is InChI=1S/C24H32O8/c1-12-7-19(29-13(2)25)24-17(22(12,4)18-8-15-5-6-27-20(15)32-18)9-16(10-23(24)11-28-23)31-21(24)30-14(3)26/h5-6,12,15-21H,7-11H2,1-4H3/t12-,15-,16-,17-,18+,19+,20+,21?,22+,23+,24?/m1/s1. The van der Waals surface area contributed by atoms with Gasteiger partial charge in [-0.3, -0.25) is 9.59 Å². The van der Waals surface area contributed by atoms with Gasteiger partial charge in [-0.15, -0.1) is 0 Å². The number of hydrogen-bond acceptors (Lipinski definition) is 8. The van der Waals surface area contributed by atoms with E-state index < -0.39 is 29.4 Å². The van der Waals surface area contributed by atoms with Gasteiger partial charge in [0.1, 0.15) is 17.1 Å². The van der Waals surface area contributed by atoms with E-state index in [1.165, 1.54) is 13.8 Å². The fourth-order valence-corrected chi connectivity index (χ4v) is 7.95. The summed E-state index contributed by atoms with van der Waals surface area (Å²) in [4.78, 5) is 24.3. The number of epoxide rings is 1. The Balaban J connectivity index is 1.47. The monoisotopic (exact) mass is 448 g/mol. The second-order valence-electron chi connectivity index (χ2n) is 10.9. The van der Waals surface area contributed by atoms with E-state index in [1.807, 2.05) is 0 Å². The molecule has 4 saturated heterocycles. The van der Waals surface area contributed by atoms with Crippen molar-refractivity contribution in [3.8, 4) is 0 Å². The summed E-state index contributed by atoms with van der Waals surface area (Å²) in [6, 6.07) is 0. The molecule has 0 amide bonds. The summed E-state index contributed by atoms with van der Waals surface area (Å²) in [7, 11) is 0. The zero-order chi connectivity index (χ0) is 22.5. The van der Waals surface area contributed by atoms with Crippen LogP contribution in [0.5, 0.6) is 0 Å². The van der Waals surface area contributed by atoms with E-state index in [0.717, 1.165) is 19.3 Å². The van der Waals surface area contributed by atoms with E-state index in [-0.39, 0.29) is 47.6 Å². The molecule has 7 aliphatic rings. The number of rotatable bonds is 3. The van der Waals surface area contributed by atoms with Crippen molar-refractivity contribution in [1.29, 1.82) is 0 Å². The van der Waals surface area contributed by atoms with Crippen molar-refractivity contribution in [3.05, 3.63) is 12.3 Å². The van der Waals surface area contributed by atoms with Crippen LogP contribution < -0.4 is 0 Å². The molecule has 2 saturated carbocycles. The highest BCUT2D eigenvalue weighted by atomic mass is 16.7. The molecule has 0 radical (unpaired) electrons. The fourth-order valence-electron chi connectivity index (χ4n) is 7.95. The van der Waals surface area contributed by atoms with Gasteiger partial charge in [0.15, 0.2) is 0 Å². The van der Waals surface area contributed by atoms with Crippen LogP contribution in [0.3, 0.4) is 0 Å². The predicted molar refractivity (Wildman–Crippen MR) is 109 cm³/mol. The largest absolute Gasteiger partial charge is 0.472 e. The van der Waals surface area contributed by atoms with Crippen LogP contribution >= 0.6 is 0 Å². The summed E-state index contributed by atoms with van der Waals surface area (Å²) in [5.41, 5.74) is -1.53. The minimum atomic E-state index is -0.812. The summed E-state index contributed by atoms with van der Waals surface area (Å²) in [6.45, 7) is 7.92. The third kappa shape index (κ3) is 2.54. The van der Waals surface area contributed by atoms with Crippen LogP contribution in [0.25, 0.3) is 0 Å². The van der Waals surface area contributed by atoms with Crippen molar-refractivity contribution in [1.82, 2.24) is 0 Å². The number of hydrogen-bond donors (Lipinski definition) is 0. The van der Waals surface area contributed by atoms with Gasteiger partial charge in [-0.2, -0.15) is 0 Å². The second-order valence-corrected chi connectivity index (χ2v) is 10.9. The molecule has 0 N–H and O–H groups in total. The van der Waals surface area contributed by atoms with Gasteiger partial charge >= 0.3 is 11.9 Å². The van der Waals surface area contributed by atoms with Crippen molar-refractivity contribution in [2.24, 2.45) is 28.6 Å². The number of fused-ring (bicyclic) bond motifs is 2. The maximum Gasteiger partial charge on any atom is 0.304 e. The molecule has 32 heavy (non-hydrogen) atoms. The van der Waals surface area contributed by atoms with Crippen molar-refractivity contribution in [2.75, 3.05) is 6.61 Å². The Morgan fingerprint density at radius 1 is 1.06 bits per heavy atom. The minimum absolute atomic E-state index is 0.0225. The van der Waals surface area contributed by atoms with Crippen molar-refractivity contribution in [3.63, 3.8) is 0 Å². The topological polar surface area (TPSA) is 92.8 Å². The van der Waals surface area contributed by atoms with Crippen LogP contribution in [0.4, 0.5) is 0 Å². The van der Waals surface area contributed by atoms with Crippen molar-refractivity contribution >= 4 is 11.9 Å². The van der Waals surface area contributed by atoms with Crippen LogP contribution in [-0.2, 0) is 38.0 Å².